The fourth-order valence-electron chi connectivity index (χ4n) is 1.39. The number of aromatic nitrogens is 4. The Kier molecular flexibility index (Phi) is 3.19. The molecule has 9 heteroatoms. The van der Waals surface area contributed by atoms with Crippen molar-refractivity contribution < 1.29 is 18.0 Å². The molecule has 1 aromatic heterocycles. The number of halogens is 3. The van der Waals surface area contributed by atoms with E-state index < -0.39 is 12.1 Å². The van der Waals surface area contributed by atoms with Gasteiger partial charge in [-0.25, -0.2) is 0 Å². The summed E-state index contributed by atoms with van der Waals surface area (Å²) in [6, 6.07) is 5.77. The molecule has 0 spiro atoms. The minimum atomic E-state index is -4.93. The van der Waals surface area contributed by atoms with Crippen LogP contribution in [0, 0.1) is 6.92 Å². The molecule has 6 nitrogen and oxygen atoms in total. The molecule has 0 saturated heterocycles. The predicted octanol–water partition coefficient (Wildman–Crippen LogP) is 1.47. The monoisotopic (exact) mass is 271 g/mol. The summed E-state index contributed by atoms with van der Waals surface area (Å²) in [5.41, 5.74) is 0.456. The molecule has 1 heterocycles. The summed E-state index contributed by atoms with van der Waals surface area (Å²) in [6.45, 7) is 1.64. The van der Waals surface area contributed by atoms with E-state index in [1.165, 1.54) is 22.9 Å². The quantitative estimate of drug-likeness (QED) is 0.897. The summed E-state index contributed by atoms with van der Waals surface area (Å²) in [4.78, 5) is 10.8. The lowest BCUT2D eigenvalue weighted by atomic mass is 10.2. The number of carbonyl (C=O) groups excluding carboxylic acids is 1. The molecular weight excluding hydrogens is 263 g/mol. The van der Waals surface area contributed by atoms with E-state index in [-0.39, 0.29) is 5.69 Å². The van der Waals surface area contributed by atoms with E-state index in [1.807, 2.05) is 0 Å². The second kappa shape index (κ2) is 4.67. The second-order valence-electron chi connectivity index (χ2n) is 3.64. The van der Waals surface area contributed by atoms with Gasteiger partial charge in [-0.05, 0) is 35.5 Å². The Bertz CT molecular complexity index is 607. The first-order valence-electron chi connectivity index (χ1n) is 5.11. The number of nitrogens with zero attached hydrogens (tertiary/aromatic N) is 4. The maximum Gasteiger partial charge on any atom is 0.471 e. The van der Waals surface area contributed by atoms with Crippen LogP contribution in [0.5, 0.6) is 0 Å². The molecule has 1 aromatic carbocycles. The normalized spacial score (nSPS) is 11.4. The van der Waals surface area contributed by atoms with Crippen LogP contribution in [0.25, 0.3) is 5.69 Å². The Morgan fingerprint density at radius 3 is 2.68 bits per heavy atom. The fourth-order valence-corrected chi connectivity index (χ4v) is 1.39. The minimum Gasteiger partial charge on any atom is -0.318 e. The third-order valence-corrected chi connectivity index (χ3v) is 2.23. The molecule has 0 saturated carbocycles. The summed E-state index contributed by atoms with van der Waals surface area (Å²) in [5, 5.41) is 12.5. The number of hydrogen-bond acceptors (Lipinski definition) is 4. The van der Waals surface area contributed by atoms with Crippen LogP contribution in [0.4, 0.5) is 18.9 Å². The lowest BCUT2D eigenvalue weighted by Gasteiger charge is -2.09. The summed E-state index contributed by atoms with van der Waals surface area (Å²) in [6.07, 6.45) is -4.93. The first-order valence-corrected chi connectivity index (χ1v) is 5.11. The standard InChI is InChI=1S/C10H8F3N5O/c1-6-15-16-17-18(6)8-4-2-3-7(5-8)14-9(19)10(11,12)13/h2-5H,1H3,(H,14,19). The SMILES string of the molecule is Cc1nnnn1-c1cccc(NC(=O)C(F)(F)F)c1. The van der Waals surface area contributed by atoms with Crippen molar-refractivity contribution in [3.05, 3.63) is 30.1 Å². The number of rotatable bonds is 2. The molecule has 2 rings (SSSR count). The number of anilines is 1. The second-order valence-corrected chi connectivity index (χ2v) is 3.64. The summed E-state index contributed by atoms with van der Waals surface area (Å²) in [5.74, 6) is -1.56. The van der Waals surface area contributed by atoms with E-state index in [4.69, 9.17) is 0 Å². The highest BCUT2D eigenvalue weighted by Gasteiger charge is 2.38. The van der Waals surface area contributed by atoms with Gasteiger partial charge in [0.2, 0.25) is 0 Å². The maximum atomic E-state index is 12.1. The van der Waals surface area contributed by atoms with Crippen molar-refractivity contribution in [2.45, 2.75) is 13.1 Å². The highest BCUT2D eigenvalue weighted by Crippen LogP contribution is 2.20. The van der Waals surface area contributed by atoms with Crippen molar-refractivity contribution in [3.8, 4) is 5.69 Å². The van der Waals surface area contributed by atoms with Crippen LogP contribution >= 0.6 is 0 Å². The van der Waals surface area contributed by atoms with Crippen molar-refractivity contribution in [1.29, 1.82) is 0 Å². The van der Waals surface area contributed by atoms with Gasteiger partial charge in [-0.3, -0.25) is 4.79 Å². The first kappa shape index (κ1) is 13.0. The van der Waals surface area contributed by atoms with Gasteiger partial charge >= 0.3 is 12.1 Å². The van der Waals surface area contributed by atoms with E-state index in [2.05, 4.69) is 15.5 Å². The molecule has 2 aromatic rings. The van der Waals surface area contributed by atoms with Crippen LogP contribution in [0.2, 0.25) is 0 Å². The Labute approximate surface area is 105 Å². The molecule has 0 unspecified atom stereocenters. The van der Waals surface area contributed by atoms with Gasteiger partial charge in [0, 0.05) is 5.69 Å². The zero-order valence-corrected chi connectivity index (χ0v) is 9.64. The number of aryl methyl sites for hydroxylation is 1. The molecule has 0 atom stereocenters. The van der Waals surface area contributed by atoms with Gasteiger partial charge in [-0.1, -0.05) is 6.07 Å². The van der Waals surface area contributed by atoms with E-state index in [0.717, 1.165) is 0 Å². The van der Waals surface area contributed by atoms with Crippen molar-refractivity contribution in [2.24, 2.45) is 0 Å². The van der Waals surface area contributed by atoms with Crippen LogP contribution in [0.3, 0.4) is 0 Å². The number of nitrogens with one attached hydrogen (secondary N) is 1. The van der Waals surface area contributed by atoms with Crippen molar-refractivity contribution >= 4 is 11.6 Å². The first-order chi connectivity index (χ1) is 8.88. The molecule has 1 amide bonds. The van der Waals surface area contributed by atoms with E-state index >= 15 is 0 Å². The summed E-state index contributed by atoms with van der Waals surface area (Å²) in [7, 11) is 0. The van der Waals surface area contributed by atoms with Gasteiger partial charge in [0.1, 0.15) is 0 Å². The van der Waals surface area contributed by atoms with Gasteiger partial charge in [0.05, 0.1) is 5.69 Å². The van der Waals surface area contributed by atoms with Crippen LogP contribution in [0.1, 0.15) is 5.82 Å². The number of carbonyl (C=O) groups is 1. The molecule has 100 valence electrons. The summed E-state index contributed by atoms with van der Waals surface area (Å²) < 4.78 is 37.7. The third kappa shape index (κ3) is 2.87. The Morgan fingerprint density at radius 2 is 2.11 bits per heavy atom. The average Bonchev–Trinajstić information content (AvgIpc) is 2.74. The molecule has 0 radical (unpaired) electrons. The van der Waals surface area contributed by atoms with E-state index in [9.17, 15) is 18.0 Å². The number of amides is 1. The topological polar surface area (TPSA) is 72.7 Å². The number of hydrogen-bond donors (Lipinski definition) is 1. The van der Waals surface area contributed by atoms with Crippen molar-refractivity contribution in [2.75, 3.05) is 5.32 Å². The highest BCUT2D eigenvalue weighted by molar-refractivity contribution is 5.95. The highest BCUT2D eigenvalue weighted by atomic mass is 19.4. The maximum absolute atomic E-state index is 12.1. The Hall–Kier alpha value is -2.45. The molecule has 1 N–H and O–H groups in total. The number of alkyl halides is 3. The van der Waals surface area contributed by atoms with E-state index in [1.54, 1.807) is 18.3 Å². The Balaban J connectivity index is 2.26. The molecule has 0 aliphatic carbocycles. The fraction of sp³-hybridized carbons (Fsp3) is 0.200. The van der Waals surface area contributed by atoms with Gasteiger partial charge in [0.15, 0.2) is 5.82 Å². The summed E-state index contributed by atoms with van der Waals surface area (Å²) >= 11 is 0. The zero-order chi connectivity index (χ0) is 14.0. The van der Waals surface area contributed by atoms with Gasteiger partial charge in [-0.15, -0.1) is 5.10 Å². The van der Waals surface area contributed by atoms with Crippen LogP contribution in [0.15, 0.2) is 24.3 Å². The van der Waals surface area contributed by atoms with Crippen LogP contribution < -0.4 is 5.32 Å². The minimum absolute atomic E-state index is 0.00900. The molecule has 0 bridgehead atoms. The Morgan fingerprint density at radius 1 is 1.37 bits per heavy atom. The van der Waals surface area contributed by atoms with Crippen LogP contribution in [-0.4, -0.2) is 32.3 Å². The van der Waals surface area contributed by atoms with Gasteiger partial charge in [0.25, 0.3) is 0 Å². The lowest BCUT2D eigenvalue weighted by Crippen LogP contribution is -2.29. The van der Waals surface area contributed by atoms with Gasteiger partial charge < -0.3 is 5.32 Å². The lowest BCUT2D eigenvalue weighted by molar-refractivity contribution is -0.167. The average molecular weight is 271 g/mol. The third-order valence-electron chi connectivity index (χ3n) is 2.23. The molecule has 0 aliphatic heterocycles. The number of benzene rings is 1. The zero-order valence-electron chi connectivity index (χ0n) is 9.64. The van der Waals surface area contributed by atoms with E-state index in [0.29, 0.717) is 11.5 Å². The molecule has 0 aliphatic rings. The predicted molar refractivity (Wildman–Crippen MR) is 58.6 cm³/mol. The molecule has 19 heavy (non-hydrogen) atoms. The largest absolute Gasteiger partial charge is 0.471 e. The smallest absolute Gasteiger partial charge is 0.318 e. The molecule has 0 fully saturated rings. The molecular formula is C10H8F3N5O. The van der Waals surface area contributed by atoms with Gasteiger partial charge in [-0.2, -0.15) is 17.9 Å². The van der Waals surface area contributed by atoms with Crippen molar-refractivity contribution in [1.82, 2.24) is 20.2 Å². The van der Waals surface area contributed by atoms with Crippen LogP contribution in [-0.2, 0) is 4.79 Å². The van der Waals surface area contributed by atoms with Crippen molar-refractivity contribution in [3.63, 3.8) is 0 Å². The number of tetrazole rings is 1.